The molecule has 0 bridgehead atoms. The summed E-state index contributed by atoms with van der Waals surface area (Å²) in [4.78, 5) is 30.7. The van der Waals surface area contributed by atoms with Crippen molar-refractivity contribution in [1.29, 1.82) is 0 Å². The summed E-state index contributed by atoms with van der Waals surface area (Å²) in [5, 5.41) is 1.02. The number of ether oxygens (including phenoxy) is 1. The second kappa shape index (κ2) is 6.09. The predicted molar refractivity (Wildman–Crippen MR) is 82.8 cm³/mol. The first-order chi connectivity index (χ1) is 10.7. The number of nitrogens with one attached hydrogen (secondary N) is 1. The van der Waals surface area contributed by atoms with Crippen molar-refractivity contribution in [3.8, 4) is 0 Å². The molecule has 1 N–H and O–H groups in total. The molecule has 1 aliphatic heterocycles. The average Bonchev–Trinajstić information content (AvgIpc) is 3.02. The van der Waals surface area contributed by atoms with Gasteiger partial charge < -0.3 is 19.5 Å². The van der Waals surface area contributed by atoms with Crippen LogP contribution in [0.4, 0.5) is 4.79 Å². The first-order valence-electron chi connectivity index (χ1n) is 7.47. The second-order valence-electron chi connectivity index (χ2n) is 5.26. The van der Waals surface area contributed by atoms with E-state index in [9.17, 15) is 9.59 Å². The van der Waals surface area contributed by atoms with E-state index in [-0.39, 0.29) is 12.0 Å². The van der Waals surface area contributed by atoms with Crippen LogP contribution >= 0.6 is 0 Å². The van der Waals surface area contributed by atoms with Crippen LogP contribution in [0.3, 0.4) is 0 Å². The number of carbonyl (C=O) groups excluding carboxylic acids is 2. The minimum atomic E-state index is -0.302. The van der Waals surface area contributed by atoms with Crippen molar-refractivity contribution in [2.75, 3.05) is 32.8 Å². The number of H-pyrrole nitrogens is 1. The summed E-state index contributed by atoms with van der Waals surface area (Å²) in [6, 6.07) is 7.59. The Morgan fingerprint density at radius 1 is 1.14 bits per heavy atom. The number of benzene rings is 1. The van der Waals surface area contributed by atoms with Gasteiger partial charge in [0.25, 0.3) is 5.91 Å². The number of nitrogens with zero attached hydrogens (tertiary/aromatic N) is 2. The molecule has 0 unspecified atom stereocenters. The highest BCUT2D eigenvalue weighted by Crippen LogP contribution is 2.16. The third kappa shape index (κ3) is 2.77. The van der Waals surface area contributed by atoms with E-state index in [1.165, 1.54) is 0 Å². The number of amides is 2. The van der Waals surface area contributed by atoms with Crippen LogP contribution in [0, 0.1) is 0 Å². The van der Waals surface area contributed by atoms with Gasteiger partial charge in [0, 0.05) is 48.8 Å². The van der Waals surface area contributed by atoms with Crippen molar-refractivity contribution in [3.63, 3.8) is 0 Å². The summed E-state index contributed by atoms with van der Waals surface area (Å²) in [6.45, 7) is 4.24. The van der Waals surface area contributed by atoms with E-state index in [2.05, 4.69) is 4.98 Å². The largest absolute Gasteiger partial charge is 0.450 e. The zero-order chi connectivity index (χ0) is 15.5. The molecule has 0 radical (unpaired) electrons. The molecule has 2 heterocycles. The number of fused-ring (bicyclic) bond motifs is 1. The molecule has 0 atom stereocenters. The number of aromatic amines is 1. The normalized spacial score (nSPS) is 15.1. The standard InChI is InChI=1S/C16H19N3O3/c1-2-22-16(21)19-9-7-18(8-10-19)15(20)13-3-4-14-12(11-13)5-6-17-14/h3-6,11,17H,2,7-10H2,1H3. The quantitative estimate of drug-likeness (QED) is 0.923. The molecule has 1 aromatic heterocycles. The van der Waals surface area contributed by atoms with Gasteiger partial charge in [0.05, 0.1) is 6.61 Å². The second-order valence-corrected chi connectivity index (χ2v) is 5.26. The van der Waals surface area contributed by atoms with E-state index in [0.29, 0.717) is 38.3 Å². The van der Waals surface area contributed by atoms with Crippen LogP contribution in [0.2, 0.25) is 0 Å². The molecule has 0 saturated carbocycles. The molecule has 116 valence electrons. The van der Waals surface area contributed by atoms with E-state index in [1.54, 1.807) is 16.7 Å². The Balaban J connectivity index is 1.65. The van der Waals surface area contributed by atoms with Crippen molar-refractivity contribution in [2.45, 2.75) is 6.92 Å². The molecule has 6 nitrogen and oxygen atoms in total. The highest BCUT2D eigenvalue weighted by Gasteiger charge is 2.25. The van der Waals surface area contributed by atoms with Crippen LogP contribution in [0.5, 0.6) is 0 Å². The molecule has 2 aromatic rings. The highest BCUT2D eigenvalue weighted by atomic mass is 16.6. The SMILES string of the molecule is CCOC(=O)N1CCN(C(=O)c2ccc3[nH]ccc3c2)CC1. The van der Waals surface area contributed by atoms with Gasteiger partial charge in [-0.3, -0.25) is 4.79 Å². The Labute approximate surface area is 128 Å². The van der Waals surface area contributed by atoms with Gasteiger partial charge in [-0.2, -0.15) is 0 Å². The Morgan fingerprint density at radius 2 is 1.86 bits per heavy atom. The molecule has 6 heteroatoms. The lowest BCUT2D eigenvalue weighted by molar-refractivity contribution is 0.0570. The van der Waals surface area contributed by atoms with Gasteiger partial charge in [0.2, 0.25) is 0 Å². The Bertz CT molecular complexity index is 687. The summed E-state index contributed by atoms with van der Waals surface area (Å²) in [6.07, 6.45) is 1.56. The molecule has 1 saturated heterocycles. The molecule has 22 heavy (non-hydrogen) atoms. The number of hydrogen-bond acceptors (Lipinski definition) is 3. The molecule has 1 fully saturated rings. The van der Waals surface area contributed by atoms with Gasteiger partial charge in [-0.15, -0.1) is 0 Å². The number of carbonyl (C=O) groups is 2. The van der Waals surface area contributed by atoms with E-state index in [4.69, 9.17) is 4.74 Å². The van der Waals surface area contributed by atoms with E-state index < -0.39 is 0 Å². The fraction of sp³-hybridized carbons (Fsp3) is 0.375. The fourth-order valence-corrected chi connectivity index (χ4v) is 2.68. The van der Waals surface area contributed by atoms with Crippen LogP contribution in [0.1, 0.15) is 17.3 Å². The lowest BCUT2D eigenvalue weighted by Crippen LogP contribution is -2.50. The molecule has 1 aliphatic rings. The average molecular weight is 301 g/mol. The monoisotopic (exact) mass is 301 g/mol. The summed E-state index contributed by atoms with van der Waals surface area (Å²) < 4.78 is 4.98. The first kappa shape index (κ1) is 14.4. The zero-order valence-corrected chi connectivity index (χ0v) is 12.5. The summed E-state index contributed by atoms with van der Waals surface area (Å²) in [5.74, 6) is 0.00612. The maximum absolute atomic E-state index is 12.5. The molecule has 3 rings (SSSR count). The van der Waals surface area contributed by atoms with Crippen LogP contribution < -0.4 is 0 Å². The summed E-state index contributed by atoms with van der Waals surface area (Å²) in [7, 11) is 0. The van der Waals surface area contributed by atoms with Crippen molar-refractivity contribution in [3.05, 3.63) is 36.0 Å². The van der Waals surface area contributed by atoms with Gasteiger partial charge in [-0.25, -0.2) is 4.79 Å². The van der Waals surface area contributed by atoms with Crippen LogP contribution in [-0.2, 0) is 4.74 Å². The minimum absolute atomic E-state index is 0.00612. The van der Waals surface area contributed by atoms with Gasteiger partial charge in [-0.05, 0) is 31.2 Å². The highest BCUT2D eigenvalue weighted by molar-refractivity contribution is 5.98. The van der Waals surface area contributed by atoms with Crippen molar-refractivity contribution in [1.82, 2.24) is 14.8 Å². The smallest absolute Gasteiger partial charge is 0.409 e. The van der Waals surface area contributed by atoms with Crippen molar-refractivity contribution in [2.24, 2.45) is 0 Å². The molecular weight excluding hydrogens is 282 g/mol. The number of rotatable bonds is 2. The van der Waals surface area contributed by atoms with E-state index in [0.717, 1.165) is 10.9 Å². The van der Waals surface area contributed by atoms with Gasteiger partial charge >= 0.3 is 6.09 Å². The van der Waals surface area contributed by atoms with Crippen molar-refractivity contribution < 1.29 is 14.3 Å². The molecule has 2 amide bonds. The third-order valence-electron chi connectivity index (χ3n) is 3.89. The summed E-state index contributed by atoms with van der Waals surface area (Å²) in [5.41, 5.74) is 1.69. The minimum Gasteiger partial charge on any atom is -0.450 e. The number of aromatic nitrogens is 1. The first-order valence-corrected chi connectivity index (χ1v) is 7.47. The molecule has 1 aromatic carbocycles. The number of hydrogen-bond donors (Lipinski definition) is 1. The molecule has 0 aliphatic carbocycles. The van der Waals surface area contributed by atoms with Gasteiger partial charge in [0.1, 0.15) is 0 Å². The Morgan fingerprint density at radius 3 is 2.59 bits per heavy atom. The Hall–Kier alpha value is -2.50. The third-order valence-corrected chi connectivity index (χ3v) is 3.89. The van der Waals surface area contributed by atoms with Crippen LogP contribution in [0.25, 0.3) is 10.9 Å². The number of piperazine rings is 1. The maximum atomic E-state index is 12.5. The van der Waals surface area contributed by atoms with Gasteiger partial charge in [-0.1, -0.05) is 0 Å². The fourth-order valence-electron chi connectivity index (χ4n) is 2.68. The maximum Gasteiger partial charge on any atom is 0.409 e. The Kier molecular flexibility index (Phi) is 4.00. The summed E-state index contributed by atoms with van der Waals surface area (Å²) >= 11 is 0. The topological polar surface area (TPSA) is 65.6 Å². The molecular formula is C16H19N3O3. The zero-order valence-electron chi connectivity index (χ0n) is 12.5. The molecule has 0 spiro atoms. The lowest BCUT2D eigenvalue weighted by Gasteiger charge is -2.34. The predicted octanol–water partition coefficient (Wildman–Crippen LogP) is 2.08. The van der Waals surface area contributed by atoms with E-state index >= 15 is 0 Å². The van der Waals surface area contributed by atoms with Crippen LogP contribution in [-0.4, -0.2) is 59.6 Å². The lowest BCUT2D eigenvalue weighted by atomic mass is 10.1. The van der Waals surface area contributed by atoms with Gasteiger partial charge in [0.15, 0.2) is 0 Å². The van der Waals surface area contributed by atoms with E-state index in [1.807, 2.05) is 30.5 Å². The van der Waals surface area contributed by atoms with Crippen LogP contribution in [0.15, 0.2) is 30.5 Å². The van der Waals surface area contributed by atoms with Crippen molar-refractivity contribution >= 4 is 22.9 Å².